The Hall–Kier alpha value is -1.61. The zero-order valence-corrected chi connectivity index (χ0v) is 9.84. The smallest absolute Gasteiger partial charge is 0.0645 e. The van der Waals surface area contributed by atoms with E-state index in [0.717, 1.165) is 31.1 Å². The van der Waals surface area contributed by atoms with Crippen LogP contribution in [0.15, 0.2) is 42.7 Å². The van der Waals surface area contributed by atoms with E-state index in [0.29, 0.717) is 0 Å². The molecule has 1 aromatic carbocycles. The molecule has 1 aliphatic heterocycles. The van der Waals surface area contributed by atoms with Crippen LogP contribution in [0.3, 0.4) is 0 Å². The molecular weight excluding hydrogens is 210 g/mol. The summed E-state index contributed by atoms with van der Waals surface area (Å²) in [7, 11) is 0. The molecule has 1 unspecified atom stereocenters. The van der Waals surface area contributed by atoms with E-state index in [-0.39, 0.29) is 0 Å². The third-order valence-corrected chi connectivity index (χ3v) is 3.34. The maximum absolute atomic E-state index is 4.42. The van der Waals surface area contributed by atoms with Gasteiger partial charge in [0.25, 0.3) is 0 Å². The molecule has 3 heteroatoms. The van der Waals surface area contributed by atoms with Crippen molar-refractivity contribution in [1.82, 2.24) is 15.1 Å². The van der Waals surface area contributed by atoms with Gasteiger partial charge in [-0.3, -0.25) is 0 Å². The van der Waals surface area contributed by atoms with Gasteiger partial charge >= 0.3 is 0 Å². The highest BCUT2D eigenvalue weighted by Crippen LogP contribution is 2.16. The largest absolute Gasteiger partial charge is 0.316 e. The molecule has 0 spiro atoms. The number of aromatic nitrogens is 2. The Morgan fingerprint density at radius 3 is 2.94 bits per heavy atom. The summed E-state index contributed by atoms with van der Waals surface area (Å²) in [5.74, 6) is 0.781. The van der Waals surface area contributed by atoms with Gasteiger partial charge in [0.15, 0.2) is 0 Å². The first-order valence-electron chi connectivity index (χ1n) is 6.21. The van der Waals surface area contributed by atoms with Crippen molar-refractivity contribution in [2.45, 2.75) is 12.8 Å². The highest BCUT2D eigenvalue weighted by molar-refractivity contribution is 5.30. The molecule has 88 valence electrons. The quantitative estimate of drug-likeness (QED) is 0.869. The molecule has 1 N–H and O–H groups in total. The SMILES string of the molecule is c1ccc(-n2cc(CC3CCNC3)cn2)cc1. The first kappa shape index (κ1) is 10.5. The van der Waals surface area contributed by atoms with Crippen molar-refractivity contribution in [1.29, 1.82) is 0 Å². The van der Waals surface area contributed by atoms with Crippen molar-refractivity contribution < 1.29 is 0 Å². The van der Waals surface area contributed by atoms with Gasteiger partial charge in [-0.05, 0) is 49.5 Å². The summed E-state index contributed by atoms with van der Waals surface area (Å²) in [6.45, 7) is 2.31. The fourth-order valence-corrected chi connectivity index (χ4v) is 2.41. The minimum Gasteiger partial charge on any atom is -0.316 e. The monoisotopic (exact) mass is 227 g/mol. The molecule has 1 fully saturated rings. The summed E-state index contributed by atoms with van der Waals surface area (Å²) < 4.78 is 1.96. The van der Waals surface area contributed by atoms with E-state index in [1.54, 1.807) is 0 Å². The van der Waals surface area contributed by atoms with E-state index in [2.05, 4.69) is 28.7 Å². The number of rotatable bonds is 3. The molecule has 1 aliphatic rings. The average molecular weight is 227 g/mol. The fraction of sp³-hybridized carbons (Fsp3) is 0.357. The minimum atomic E-state index is 0.781. The van der Waals surface area contributed by atoms with Crippen LogP contribution >= 0.6 is 0 Å². The van der Waals surface area contributed by atoms with Gasteiger partial charge < -0.3 is 5.32 Å². The summed E-state index contributed by atoms with van der Waals surface area (Å²) in [5, 5.41) is 7.83. The second-order valence-corrected chi connectivity index (χ2v) is 4.69. The molecule has 0 bridgehead atoms. The lowest BCUT2D eigenvalue weighted by molar-refractivity contribution is 0.580. The molecule has 2 heterocycles. The maximum Gasteiger partial charge on any atom is 0.0645 e. The molecule has 2 aromatic rings. The van der Waals surface area contributed by atoms with Crippen molar-refractivity contribution in [3.05, 3.63) is 48.3 Å². The fourth-order valence-electron chi connectivity index (χ4n) is 2.41. The summed E-state index contributed by atoms with van der Waals surface area (Å²) in [6.07, 6.45) is 6.56. The number of hydrogen-bond acceptors (Lipinski definition) is 2. The molecule has 3 rings (SSSR count). The number of nitrogens with zero attached hydrogens (tertiary/aromatic N) is 2. The standard InChI is InChI=1S/C14H17N3/c1-2-4-14(5-3-1)17-11-13(10-16-17)8-12-6-7-15-9-12/h1-5,10-12,15H,6-9H2. The molecule has 17 heavy (non-hydrogen) atoms. The predicted octanol–water partition coefficient (Wildman–Crippen LogP) is 2.02. The Kier molecular flexibility index (Phi) is 2.92. The van der Waals surface area contributed by atoms with E-state index >= 15 is 0 Å². The Labute approximate surface area is 101 Å². The van der Waals surface area contributed by atoms with Crippen molar-refractivity contribution in [2.24, 2.45) is 5.92 Å². The Morgan fingerprint density at radius 1 is 1.29 bits per heavy atom. The van der Waals surface area contributed by atoms with Crippen molar-refractivity contribution in [2.75, 3.05) is 13.1 Å². The lowest BCUT2D eigenvalue weighted by Gasteiger charge is -2.04. The maximum atomic E-state index is 4.42. The van der Waals surface area contributed by atoms with Crippen LogP contribution in [0.5, 0.6) is 0 Å². The van der Waals surface area contributed by atoms with Crippen LogP contribution in [0, 0.1) is 5.92 Å². The highest BCUT2D eigenvalue weighted by Gasteiger charge is 2.15. The van der Waals surface area contributed by atoms with Crippen molar-refractivity contribution in [3.8, 4) is 5.69 Å². The van der Waals surface area contributed by atoms with Crippen LogP contribution in [-0.4, -0.2) is 22.9 Å². The minimum absolute atomic E-state index is 0.781. The topological polar surface area (TPSA) is 29.9 Å². The molecule has 0 radical (unpaired) electrons. The zero-order valence-electron chi connectivity index (χ0n) is 9.84. The lowest BCUT2D eigenvalue weighted by Crippen LogP contribution is -2.10. The predicted molar refractivity (Wildman–Crippen MR) is 68.2 cm³/mol. The summed E-state index contributed by atoms with van der Waals surface area (Å²) in [5.41, 5.74) is 2.46. The van der Waals surface area contributed by atoms with E-state index in [4.69, 9.17) is 0 Å². The van der Waals surface area contributed by atoms with Crippen LogP contribution in [0.25, 0.3) is 5.69 Å². The summed E-state index contributed by atoms with van der Waals surface area (Å²) in [6, 6.07) is 10.3. The normalized spacial score (nSPS) is 19.6. The molecule has 3 nitrogen and oxygen atoms in total. The van der Waals surface area contributed by atoms with Gasteiger partial charge in [-0.2, -0.15) is 5.10 Å². The van der Waals surface area contributed by atoms with Crippen LogP contribution in [0.4, 0.5) is 0 Å². The Morgan fingerprint density at radius 2 is 2.18 bits per heavy atom. The first-order valence-corrected chi connectivity index (χ1v) is 6.21. The number of benzene rings is 1. The molecule has 1 atom stereocenters. The molecule has 0 saturated carbocycles. The van der Waals surface area contributed by atoms with Gasteiger partial charge in [-0.1, -0.05) is 18.2 Å². The van der Waals surface area contributed by atoms with E-state index < -0.39 is 0 Å². The molecule has 1 aromatic heterocycles. The van der Waals surface area contributed by atoms with Gasteiger partial charge in [0.1, 0.15) is 0 Å². The molecular formula is C14H17N3. The second-order valence-electron chi connectivity index (χ2n) is 4.69. The third kappa shape index (κ3) is 2.39. The third-order valence-electron chi connectivity index (χ3n) is 3.34. The Bertz CT molecular complexity index is 469. The number of hydrogen-bond donors (Lipinski definition) is 1. The number of nitrogens with one attached hydrogen (secondary N) is 1. The van der Waals surface area contributed by atoms with Gasteiger partial charge in [0.05, 0.1) is 11.9 Å². The molecule has 0 aliphatic carbocycles. The summed E-state index contributed by atoms with van der Waals surface area (Å²) >= 11 is 0. The van der Waals surface area contributed by atoms with Gasteiger partial charge in [-0.15, -0.1) is 0 Å². The molecule has 1 saturated heterocycles. The lowest BCUT2D eigenvalue weighted by atomic mass is 10.0. The van der Waals surface area contributed by atoms with Gasteiger partial charge in [0, 0.05) is 6.20 Å². The highest BCUT2D eigenvalue weighted by atomic mass is 15.3. The van der Waals surface area contributed by atoms with Crippen LogP contribution < -0.4 is 5.32 Å². The van der Waals surface area contributed by atoms with Gasteiger partial charge in [0.2, 0.25) is 0 Å². The van der Waals surface area contributed by atoms with Gasteiger partial charge in [-0.25, -0.2) is 4.68 Å². The van der Waals surface area contributed by atoms with Crippen LogP contribution in [0.2, 0.25) is 0 Å². The van der Waals surface area contributed by atoms with Crippen LogP contribution in [0.1, 0.15) is 12.0 Å². The van der Waals surface area contributed by atoms with Crippen molar-refractivity contribution in [3.63, 3.8) is 0 Å². The zero-order chi connectivity index (χ0) is 11.5. The van der Waals surface area contributed by atoms with E-state index in [9.17, 15) is 0 Å². The van der Waals surface area contributed by atoms with Crippen molar-refractivity contribution >= 4 is 0 Å². The number of para-hydroxylation sites is 1. The Balaban J connectivity index is 1.74. The average Bonchev–Trinajstić information content (AvgIpc) is 3.02. The van der Waals surface area contributed by atoms with Crippen LogP contribution in [-0.2, 0) is 6.42 Å². The van der Waals surface area contributed by atoms with E-state index in [1.165, 1.54) is 12.0 Å². The van der Waals surface area contributed by atoms with E-state index in [1.807, 2.05) is 29.1 Å². The second kappa shape index (κ2) is 4.72. The first-order chi connectivity index (χ1) is 8.42. The summed E-state index contributed by atoms with van der Waals surface area (Å²) in [4.78, 5) is 0. The molecule has 0 amide bonds.